The number of esters is 1. The summed E-state index contributed by atoms with van der Waals surface area (Å²) in [6, 6.07) is 6.53. The Morgan fingerprint density at radius 2 is 2.06 bits per heavy atom. The van der Waals surface area contributed by atoms with Crippen molar-refractivity contribution in [3.63, 3.8) is 0 Å². The maximum Gasteiger partial charge on any atom is 0.340 e. The van der Waals surface area contributed by atoms with E-state index < -0.39 is 24.9 Å². The molecule has 0 aliphatic heterocycles. The molecule has 3 rings (SSSR count). The molecule has 0 aliphatic rings. The van der Waals surface area contributed by atoms with E-state index in [9.17, 15) is 18.4 Å². The summed E-state index contributed by atoms with van der Waals surface area (Å²) in [4.78, 5) is 29.6. The summed E-state index contributed by atoms with van der Waals surface area (Å²) in [6.07, 6.45) is -1.03. The maximum atomic E-state index is 12.7. The fourth-order valence-electron chi connectivity index (χ4n) is 3.06. The van der Waals surface area contributed by atoms with Crippen molar-refractivity contribution in [2.24, 2.45) is 7.05 Å². The first-order valence-corrected chi connectivity index (χ1v) is 10.1. The molecule has 0 spiro atoms. The molecule has 170 valence electrons. The largest absolute Gasteiger partial charge is 0.462 e. The Morgan fingerprint density at radius 3 is 2.72 bits per heavy atom. The number of pyridine rings is 1. The van der Waals surface area contributed by atoms with Crippen LogP contribution in [-0.2, 0) is 16.5 Å². The van der Waals surface area contributed by atoms with Crippen molar-refractivity contribution in [1.29, 1.82) is 0 Å². The molecule has 0 atom stereocenters. The number of alkyl halides is 2. The van der Waals surface area contributed by atoms with Crippen LogP contribution in [0.4, 0.5) is 8.78 Å². The van der Waals surface area contributed by atoms with E-state index in [2.05, 4.69) is 15.4 Å². The van der Waals surface area contributed by atoms with Gasteiger partial charge in [0.1, 0.15) is 17.5 Å². The highest BCUT2D eigenvalue weighted by molar-refractivity contribution is 6.32. The smallest absolute Gasteiger partial charge is 0.340 e. The Hall–Kier alpha value is -3.11. The fourth-order valence-corrected chi connectivity index (χ4v) is 3.26. The molecule has 0 bridgehead atoms. The van der Waals surface area contributed by atoms with Crippen molar-refractivity contribution in [3.8, 4) is 11.1 Å². The van der Waals surface area contributed by atoms with E-state index >= 15 is 0 Å². The number of para-hydroxylation sites is 1. The molecule has 8 nitrogen and oxygen atoms in total. The highest BCUT2D eigenvalue weighted by Gasteiger charge is 2.21. The highest BCUT2D eigenvalue weighted by atomic mass is 35.5. The second kappa shape index (κ2) is 10.5. The van der Waals surface area contributed by atoms with Crippen LogP contribution in [0.5, 0.6) is 0 Å². The zero-order valence-electron chi connectivity index (χ0n) is 17.4. The third-order valence-corrected chi connectivity index (χ3v) is 4.95. The lowest BCUT2D eigenvalue weighted by molar-refractivity contribution is 0.0188. The minimum Gasteiger partial charge on any atom is -0.462 e. The van der Waals surface area contributed by atoms with Crippen molar-refractivity contribution >= 4 is 34.4 Å². The predicted octanol–water partition coefficient (Wildman–Crippen LogP) is 3.48. The number of amides is 1. The van der Waals surface area contributed by atoms with Gasteiger partial charge in [-0.15, -0.1) is 0 Å². The topological polar surface area (TPSA) is 95.3 Å². The minimum atomic E-state index is -2.58. The third kappa shape index (κ3) is 5.20. The lowest BCUT2D eigenvalue weighted by Gasteiger charge is -2.12. The minimum absolute atomic E-state index is 0.00771. The van der Waals surface area contributed by atoms with Gasteiger partial charge in [0.15, 0.2) is 0 Å². The van der Waals surface area contributed by atoms with E-state index in [0.717, 1.165) is 0 Å². The number of carbonyl (C=O) groups is 2. The second-order valence-corrected chi connectivity index (χ2v) is 7.03. The molecule has 0 unspecified atom stereocenters. The number of fused-ring (bicyclic) bond motifs is 1. The lowest BCUT2D eigenvalue weighted by atomic mass is 10.00. The Bertz CT molecular complexity index is 1140. The molecule has 0 radical (unpaired) electrons. The van der Waals surface area contributed by atoms with Gasteiger partial charge in [0.2, 0.25) is 0 Å². The predicted molar refractivity (Wildman–Crippen MR) is 114 cm³/mol. The van der Waals surface area contributed by atoms with Crippen LogP contribution in [-0.4, -0.2) is 59.4 Å². The Labute approximate surface area is 187 Å². The van der Waals surface area contributed by atoms with Gasteiger partial charge < -0.3 is 14.8 Å². The second-order valence-electron chi connectivity index (χ2n) is 6.67. The van der Waals surface area contributed by atoms with Gasteiger partial charge in [0, 0.05) is 24.5 Å². The number of nitrogens with one attached hydrogen (secondary N) is 1. The average molecular weight is 467 g/mol. The maximum absolute atomic E-state index is 12.7. The van der Waals surface area contributed by atoms with Crippen LogP contribution in [0.25, 0.3) is 22.0 Å². The standard InChI is InChI=1S/C21H21ClF2N4O4/c1-3-32-21(30)13-6-4-5-12-14(15-10-26-28(2)19(15)22)9-16(27-18(12)13)20(29)25-7-8-31-11-17(23)24/h4-6,9-10,17H,3,7-8,11H2,1-2H3,(H,25,29). The summed E-state index contributed by atoms with van der Waals surface area (Å²) in [5.41, 5.74) is 1.58. The van der Waals surface area contributed by atoms with Crippen LogP contribution < -0.4 is 5.32 Å². The zero-order valence-corrected chi connectivity index (χ0v) is 18.2. The summed E-state index contributed by atoms with van der Waals surface area (Å²) in [7, 11) is 1.67. The number of hydrogen-bond donors (Lipinski definition) is 1. The summed E-state index contributed by atoms with van der Waals surface area (Å²) in [6.45, 7) is 1.07. The summed E-state index contributed by atoms with van der Waals surface area (Å²) < 4.78 is 35.7. The van der Waals surface area contributed by atoms with E-state index in [1.807, 2.05) is 0 Å². The van der Waals surface area contributed by atoms with Crippen molar-refractivity contribution in [3.05, 3.63) is 46.9 Å². The molecule has 0 fully saturated rings. The molecular weight excluding hydrogens is 446 g/mol. The third-order valence-electron chi connectivity index (χ3n) is 4.50. The van der Waals surface area contributed by atoms with Crippen LogP contribution in [0, 0.1) is 0 Å². The molecule has 1 aromatic carbocycles. The Balaban J connectivity index is 2.03. The summed E-state index contributed by atoms with van der Waals surface area (Å²) >= 11 is 6.38. The molecule has 1 N–H and O–H groups in total. The fraction of sp³-hybridized carbons (Fsp3) is 0.333. The van der Waals surface area contributed by atoms with Crippen LogP contribution >= 0.6 is 11.6 Å². The molecule has 11 heteroatoms. The average Bonchev–Trinajstić information content (AvgIpc) is 3.10. The molecule has 0 aliphatic carbocycles. The summed E-state index contributed by atoms with van der Waals surface area (Å²) in [5, 5.41) is 7.63. The number of hydrogen-bond acceptors (Lipinski definition) is 6. The van der Waals surface area contributed by atoms with E-state index in [-0.39, 0.29) is 36.5 Å². The zero-order chi connectivity index (χ0) is 23.3. The Morgan fingerprint density at radius 1 is 1.28 bits per heavy atom. The number of ether oxygens (including phenoxy) is 2. The van der Waals surface area contributed by atoms with E-state index in [0.29, 0.717) is 21.7 Å². The summed E-state index contributed by atoms with van der Waals surface area (Å²) in [5.74, 6) is -1.14. The first-order chi connectivity index (χ1) is 15.3. The first kappa shape index (κ1) is 23.6. The van der Waals surface area contributed by atoms with Crippen LogP contribution in [0.15, 0.2) is 30.5 Å². The van der Waals surface area contributed by atoms with E-state index in [1.54, 1.807) is 38.4 Å². The van der Waals surface area contributed by atoms with Gasteiger partial charge in [-0.3, -0.25) is 9.48 Å². The molecular formula is C21H21ClF2N4O4. The molecule has 0 saturated heterocycles. The Kier molecular flexibility index (Phi) is 7.70. The monoisotopic (exact) mass is 466 g/mol. The molecule has 3 aromatic rings. The van der Waals surface area contributed by atoms with Crippen molar-refractivity contribution in [2.75, 3.05) is 26.4 Å². The van der Waals surface area contributed by atoms with Gasteiger partial charge in [-0.05, 0) is 24.6 Å². The number of aromatic nitrogens is 3. The first-order valence-electron chi connectivity index (χ1n) is 9.76. The quantitative estimate of drug-likeness (QED) is 0.383. The number of benzene rings is 1. The van der Waals surface area contributed by atoms with E-state index in [4.69, 9.17) is 21.1 Å². The SMILES string of the molecule is CCOC(=O)c1cccc2c(-c3cnn(C)c3Cl)cc(C(=O)NCCOCC(F)F)nc12. The van der Waals surface area contributed by atoms with Gasteiger partial charge >= 0.3 is 5.97 Å². The van der Waals surface area contributed by atoms with Crippen LogP contribution in [0.2, 0.25) is 5.15 Å². The van der Waals surface area contributed by atoms with Gasteiger partial charge in [-0.1, -0.05) is 23.7 Å². The van der Waals surface area contributed by atoms with Crippen molar-refractivity contribution in [2.45, 2.75) is 13.3 Å². The number of carbonyl (C=O) groups excluding carboxylic acids is 2. The van der Waals surface area contributed by atoms with Gasteiger partial charge in [-0.2, -0.15) is 5.10 Å². The van der Waals surface area contributed by atoms with Crippen molar-refractivity contribution in [1.82, 2.24) is 20.1 Å². The van der Waals surface area contributed by atoms with E-state index in [1.165, 1.54) is 10.7 Å². The van der Waals surface area contributed by atoms with Gasteiger partial charge in [-0.25, -0.2) is 18.6 Å². The molecule has 1 amide bonds. The van der Waals surface area contributed by atoms with Gasteiger partial charge in [0.25, 0.3) is 12.3 Å². The highest BCUT2D eigenvalue weighted by Crippen LogP contribution is 2.34. The van der Waals surface area contributed by atoms with Crippen LogP contribution in [0.3, 0.4) is 0 Å². The molecule has 2 aromatic heterocycles. The van der Waals surface area contributed by atoms with Crippen molar-refractivity contribution < 1.29 is 27.8 Å². The number of rotatable bonds is 9. The lowest BCUT2D eigenvalue weighted by Crippen LogP contribution is -2.28. The normalized spacial score (nSPS) is 11.2. The number of aryl methyl sites for hydroxylation is 1. The van der Waals surface area contributed by atoms with Gasteiger partial charge in [0.05, 0.1) is 30.5 Å². The number of halogens is 3. The van der Waals surface area contributed by atoms with Crippen LogP contribution in [0.1, 0.15) is 27.8 Å². The molecule has 32 heavy (non-hydrogen) atoms. The number of nitrogens with zero attached hydrogens (tertiary/aromatic N) is 3. The molecule has 2 heterocycles. The molecule has 0 saturated carbocycles.